The molecule has 1 aromatic carbocycles. The van der Waals surface area contributed by atoms with Crippen LogP contribution in [0, 0.1) is 5.92 Å². The fourth-order valence-electron chi connectivity index (χ4n) is 2.72. The van der Waals surface area contributed by atoms with Crippen molar-refractivity contribution >= 4 is 23.2 Å². The first-order valence-electron chi connectivity index (χ1n) is 6.74. The summed E-state index contributed by atoms with van der Waals surface area (Å²) in [6.45, 7) is 4.36. The van der Waals surface area contributed by atoms with Gasteiger partial charge in [-0.05, 0) is 24.0 Å². The van der Waals surface area contributed by atoms with Gasteiger partial charge >= 0.3 is 0 Å². The van der Waals surface area contributed by atoms with Crippen molar-refractivity contribution in [3.63, 3.8) is 0 Å². The minimum absolute atomic E-state index is 0.0319. The molecule has 3 heteroatoms. The minimum Gasteiger partial charge on any atom is -0.324 e. The maximum Gasteiger partial charge on any atom is 0.232 e. The molecule has 1 aromatic rings. The maximum atomic E-state index is 12.1. The van der Waals surface area contributed by atoms with Crippen LogP contribution in [0.4, 0.5) is 5.69 Å². The van der Waals surface area contributed by atoms with Crippen LogP contribution < -0.4 is 5.32 Å². The molecule has 1 aliphatic heterocycles. The van der Waals surface area contributed by atoms with E-state index >= 15 is 0 Å². The molecule has 2 rings (SSSR count). The molecule has 2 atom stereocenters. The van der Waals surface area contributed by atoms with Gasteiger partial charge in [0.05, 0.1) is 16.6 Å². The normalized spacial score (nSPS) is 19.5. The number of amides is 1. The highest BCUT2D eigenvalue weighted by atomic mass is 35.5. The van der Waals surface area contributed by atoms with Gasteiger partial charge in [0.15, 0.2) is 0 Å². The molecule has 0 aromatic heterocycles. The molecule has 2 nitrogen and oxygen atoms in total. The summed E-state index contributed by atoms with van der Waals surface area (Å²) >= 11 is 6.12. The van der Waals surface area contributed by atoms with Gasteiger partial charge in [0.1, 0.15) is 0 Å². The number of anilines is 1. The Balaban J connectivity index is 2.15. The highest BCUT2D eigenvalue weighted by molar-refractivity contribution is 6.34. The van der Waals surface area contributed by atoms with Crippen molar-refractivity contribution in [2.45, 2.75) is 45.4 Å². The lowest BCUT2D eigenvalue weighted by Gasteiger charge is -2.17. The molecular formula is C15H20ClNO. The van der Waals surface area contributed by atoms with Gasteiger partial charge in [0.25, 0.3) is 0 Å². The largest absolute Gasteiger partial charge is 0.324 e. The minimum atomic E-state index is -0.0319. The number of para-hydroxylation sites is 1. The van der Waals surface area contributed by atoms with Crippen molar-refractivity contribution in [1.82, 2.24) is 0 Å². The van der Waals surface area contributed by atoms with Gasteiger partial charge < -0.3 is 5.32 Å². The smallest absolute Gasteiger partial charge is 0.232 e. The van der Waals surface area contributed by atoms with E-state index in [1.54, 1.807) is 0 Å². The Morgan fingerprint density at radius 1 is 1.39 bits per heavy atom. The van der Waals surface area contributed by atoms with E-state index in [1.807, 2.05) is 18.2 Å². The van der Waals surface area contributed by atoms with Gasteiger partial charge in [-0.3, -0.25) is 4.79 Å². The van der Waals surface area contributed by atoms with Gasteiger partial charge in [0, 0.05) is 0 Å². The van der Waals surface area contributed by atoms with Crippen LogP contribution in [0.25, 0.3) is 0 Å². The number of hydrogen-bond acceptors (Lipinski definition) is 1. The first-order chi connectivity index (χ1) is 8.65. The second kappa shape index (κ2) is 5.75. The molecule has 2 unspecified atom stereocenters. The van der Waals surface area contributed by atoms with Crippen LogP contribution in [0.1, 0.15) is 51.0 Å². The average molecular weight is 266 g/mol. The maximum absolute atomic E-state index is 12.1. The predicted octanol–water partition coefficient (Wildman–Crippen LogP) is 4.59. The van der Waals surface area contributed by atoms with Crippen molar-refractivity contribution in [3.8, 4) is 0 Å². The topological polar surface area (TPSA) is 29.1 Å². The summed E-state index contributed by atoms with van der Waals surface area (Å²) in [4.78, 5) is 12.1. The fourth-order valence-corrected chi connectivity index (χ4v) is 2.95. The molecule has 0 fully saturated rings. The zero-order valence-electron chi connectivity index (χ0n) is 11.0. The number of halogens is 1. The third-order valence-electron chi connectivity index (χ3n) is 3.74. The standard InChI is InChI=1S/C15H20ClNO/c1-3-4-5-7-10(2)13-11-8-6-9-12(16)14(11)17-15(13)18/h6,8-10,13H,3-5,7H2,1-2H3,(H,17,18). The van der Waals surface area contributed by atoms with Gasteiger partial charge in [-0.1, -0.05) is 56.8 Å². The number of carbonyl (C=O) groups excluding carboxylic acids is 1. The highest BCUT2D eigenvalue weighted by Gasteiger charge is 2.35. The van der Waals surface area contributed by atoms with Crippen molar-refractivity contribution in [2.75, 3.05) is 5.32 Å². The van der Waals surface area contributed by atoms with Crippen LogP contribution >= 0.6 is 11.6 Å². The van der Waals surface area contributed by atoms with Crippen LogP contribution in [0.2, 0.25) is 5.02 Å². The number of nitrogens with one attached hydrogen (secondary N) is 1. The Hall–Kier alpha value is -1.02. The monoisotopic (exact) mass is 265 g/mol. The Bertz CT molecular complexity index is 444. The predicted molar refractivity (Wildman–Crippen MR) is 76.1 cm³/mol. The van der Waals surface area contributed by atoms with E-state index < -0.39 is 0 Å². The molecule has 0 aliphatic carbocycles. The quantitative estimate of drug-likeness (QED) is 0.775. The molecule has 18 heavy (non-hydrogen) atoms. The van der Waals surface area contributed by atoms with Crippen LogP contribution in [0.3, 0.4) is 0 Å². The first-order valence-corrected chi connectivity index (χ1v) is 7.12. The van der Waals surface area contributed by atoms with Crippen molar-refractivity contribution < 1.29 is 4.79 Å². The van der Waals surface area contributed by atoms with E-state index in [0.29, 0.717) is 10.9 Å². The van der Waals surface area contributed by atoms with E-state index in [9.17, 15) is 4.79 Å². The summed E-state index contributed by atoms with van der Waals surface area (Å²) in [6, 6.07) is 5.76. The summed E-state index contributed by atoms with van der Waals surface area (Å²) < 4.78 is 0. The van der Waals surface area contributed by atoms with E-state index in [1.165, 1.54) is 19.3 Å². The Labute approximate surface area is 114 Å². The molecule has 0 saturated heterocycles. The molecular weight excluding hydrogens is 246 g/mol. The first kappa shape index (κ1) is 13.4. The Morgan fingerprint density at radius 2 is 2.17 bits per heavy atom. The molecule has 0 spiro atoms. The van der Waals surface area contributed by atoms with Crippen molar-refractivity contribution in [1.29, 1.82) is 0 Å². The SMILES string of the molecule is CCCCCC(C)C1C(=O)Nc2c(Cl)cccc21. The zero-order valence-corrected chi connectivity index (χ0v) is 11.8. The van der Waals surface area contributed by atoms with Gasteiger partial charge in [-0.25, -0.2) is 0 Å². The number of rotatable bonds is 5. The molecule has 1 heterocycles. The zero-order chi connectivity index (χ0) is 13.1. The molecule has 0 saturated carbocycles. The van der Waals surface area contributed by atoms with Crippen LogP contribution in [0.15, 0.2) is 18.2 Å². The number of carbonyl (C=O) groups is 1. The van der Waals surface area contributed by atoms with Crippen LogP contribution in [-0.4, -0.2) is 5.91 Å². The Kier molecular flexibility index (Phi) is 4.28. The molecule has 0 radical (unpaired) electrons. The number of fused-ring (bicyclic) bond motifs is 1. The van der Waals surface area contributed by atoms with E-state index in [0.717, 1.165) is 17.7 Å². The van der Waals surface area contributed by atoms with Crippen LogP contribution in [-0.2, 0) is 4.79 Å². The van der Waals surface area contributed by atoms with E-state index in [4.69, 9.17) is 11.6 Å². The lowest BCUT2D eigenvalue weighted by molar-refractivity contribution is -0.118. The second-order valence-corrected chi connectivity index (χ2v) is 5.55. The van der Waals surface area contributed by atoms with Crippen molar-refractivity contribution in [3.05, 3.63) is 28.8 Å². The summed E-state index contributed by atoms with van der Waals surface area (Å²) in [7, 11) is 0. The van der Waals surface area contributed by atoms with E-state index in [2.05, 4.69) is 19.2 Å². The average Bonchev–Trinajstić information content (AvgIpc) is 2.67. The molecule has 0 bridgehead atoms. The lowest BCUT2D eigenvalue weighted by Crippen LogP contribution is -2.18. The number of benzene rings is 1. The number of hydrogen-bond donors (Lipinski definition) is 1. The summed E-state index contributed by atoms with van der Waals surface area (Å²) in [5.41, 5.74) is 1.88. The molecule has 1 N–H and O–H groups in total. The van der Waals surface area contributed by atoms with Gasteiger partial charge in [-0.2, -0.15) is 0 Å². The lowest BCUT2D eigenvalue weighted by atomic mass is 9.85. The van der Waals surface area contributed by atoms with Crippen molar-refractivity contribution in [2.24, 2.45) is 5.92 Å². The molecule has 1 amide bonds. The van der Waals surface area contributed by atoms with Gasteiger partial charge in [0.2, 0.25) is 5.91 Å². The summed E-state index contributed by atoms with van der Waals surface area (Å²) in [6.07, 6.45) is 4.74. The second-order valence-electron chi connectivity index (χ2n) is 5.14. The summed E-state index contributed by atoms with van der Waals surface area (Å²) in [5.74, 6) is 0.439. The van der Waals surface area contributed by atoms with Gasteiger partial charge in [-0.15, -0.1) is 0 Å². The van der Waals surface area contributed by atoms with E-state index in [-0.39, 0.29) is 11.8 Å². The fraction of sp³-hybridized carbons (Fsp3) is 0.533. The van der Waals surface area contributed by atoms with Crippen LogP contribution in [0.5, 0.6) is 0 Å². The molecule has 1 aliphatic rings. The third-order valence-corrected chi connectivity index (χ3v) is 4.06. The third kappa shape index (κ3) is 2.54. The highest BCUT2D eigenvalue weighted by Crippen LogP contribution is 2.42. The Morgan fingerprint density at radius 3 is 2.89 bits per heavy atom. The summed E-state index contributed by atoms with van der Waals surface area (Å²) in [5, 5.41) is 3.56. The molecule has 98 valence electrons. The number of unbranched alkanes of at least 4 members (excludes halogenated alkanes) is 2.